The van der Waals surface area contributed by atoms with Crippen molar-refractivity contribution in [2.45, 2.75) is 0 Å². The number of nitrogens with zero attached hydrogens (tertiary/aromatic N) is 3. The molecule has 8 nitrogen and oxygen atoms in total. The van der Waals surface area contributed by atoms with Crippen molar-refractivity contribution >= 4 is 42.8 Å². The van der Waals surface area contributed by atoms with Gasteiger partial charge in [0, 0.05) is 38.6 Å². The molecule has 2 rings (SSSR count). The summed E-state index contributed by atoms with van der Waals surface area (Å²) in [6, 6.07) is 0. The van der Waals surface area contributed by atoms with Gasteiger partial charge in [-0.3, -0.25) is 27.0 Å². The first-order valence-electron chi connectivity index (χ1n) is 5.95. The van der Waals surface area contributed by atoms with Crippen molar-refractivity contribution in [3.8, 4) is 0 Å². The molecule has 2 aliphatic rings. The largest absolute Gasteiger partial charge is 0.314 e. The number of allylic oxidation sites excluding steroid dienone is 1. The Morgan fingerprint density at radius 1 is 1.05 bits per heavy atom. The standard InChI is InChI=1S/C4H13N4PS.C4H9N4PS/c5-9(6,10)8-3-1-7-2-4-8;5-9(6,10)8-3-1-2-7-4-8/h7H,1-4H2,(H4,5,6,10);1-3H,4H2,(H4,5,6,10). The molecule has 116 valence electrons. The topological polar surface area (TPSA) is 135 Å². The maximum atomic E-state index is 5.61. The fourth-order valence-electron chi connectivity index (χ4n) is 1.55. The Morgan fingerprint density at radius 2 is 1.65 bits per heavy atom. The third kappa shape index (κ3) is 6.82. The zero-order chi connectivity index (χ0) is 15.2. The summed E-state index contributed by atoms with van der Waals surface area (Å²) in [5, 5.41) is 3.21. The molecule has 9 N–H and O–H groups in total. The van der Waals surface area contributed by atoms with Crippen LogP contribution in [0.3, 0.4) is 0 Å². The third-order valence-electron chi connectivity index (χ3n) is 2.61. The number of piperazine rings is 1. The molecule has 0 aromatic carbocycles. The lowest BCUT2D eigenvalue weighted by atomic mass is 10.4. The van der Waals surface area contributed by atoms with E-state index >= 15 is 0 Å². The highest BCUT2D eigenvalue weighted by Gasteiger charge is 2.18. The molecule has 1 fully saturated rings. The van der Waals surface area contributed by atoms with Gasteiger partial charge in [-0.05, 0) is 29.7 Å². The van der Waals surface area contributed by atoms with Crippen molar-refractivity contribution in [3.63, 3.8) is 0 Å². The van der Waals surface area contributed by atoms with E-state index in [-0.39, 0.29) is 0 Å². The number of hydrogen-bond donors (Lipinski definition) is 5. The highest BCUT2D eigenvalue weighted by molar-refractivity contribution is 8.11. The normalized spacial score (nSPS) is 20.5. The van der Waals surface area contributed by atoms with Gasteiger partial charge >= 0.3 is 0 Å². The van der Waals surface area contributed by atoms with Crippen LogP contribution in [0.5, 0.6) is 0 Å². The predicted octanol–water partition coefficient (Wildman–Crippen LogP) is -0.981. The highest BCUT2D eigenvalue weighted by atomic mass is 32.5. The lowest BCUT2D eigenvalue weighted by Crippen LogP contribution is -2.44. The van der Waals surface area contributed by atoms with E-state index in [0.717, 1.165) is 26.2 Å². The minimum Gasteiger partial charge on any atom is -0.314 e. The highest BCUT2D eigenvalue weighted by Crippen LogP contribution is 2.32. The van der Waals surface area contributed by atoms with Gasteiger partial charge in [-0.1, -0.05) is 0 Å². The first-order chi connectivity index (χ1) is 9.21. The number of hydrogen-bond acceptors (Lipinski definition) is 4. The van der Waals surface area contributed by atoms with Crippen LogP contribution in [0, 0.1) is 0 Å². The van der Waals surface area contributed by atoms with Crippen molar-refractivity contribution < 1.29 is 0 Å². The Balaban J connectivity index is 0.000000200. The van der Waals surface area contributed by atoms with E-state index in [1.54, 1.807) is 23.2 Å². The third-order valence-corrected chi connectivity index (χ3v) is 6.28. The van der Waals surface area contributed by atoms with Gasteiger partial charge in [-0.15, -0.1) is 0 Å². The fraction of sp³-hybridized carbons (Fsp3) is 0.625. The van der Waals surface area contributed by atoms with Gasteiger partial charge in [0.2, 0.25) is 0 Å². The van der Waals surface area contributed by atoms with Gasteiger partial charge in [-0.25, -0.2) is 4.67 Å². The number of aliphatic imine (C=N–C) groups is 1. The smallest absolute Gasteiger partial charge is 0.160 e. The quantitative estimate of drug-likeness (QED) is 0.396. The molecule has 0 saturated carbocycles. The summed E-state index contributed by atoms with van der Waals surface area (Å²) in [6.45, 7) is -0.214. The number of nitrogens with two attached hydrogens (primary N) is 4. The molecule has 2 aliphatic heterocycles. The molecule has 0 amide bonds. The Kier molecular flexibility index (Phi) is 7.37. The summed E-state index contributed by atoms with van der Waals surface area (Å²) >= 11 is 9.84. The Morgan fingerprint density at radius 3 is 1.95 bits per heavy atom. The van der Waals surface area contributed by atoms with E-state index in [2.05, 4.69) is 10.3 Å². The lowest BCUT2D eigenvalue weighted by molar-refractivity contribution is 0.383. The molecule has 0 unspecified atom stereocenters. The van der Waals surface area contributed by atoms with Gasteiger partial charge in [0.25, 0.3) is 0 Å². The minimum atomic E-state index is -2.28. The van der Waals surface area contributed by atoms with E-state index in [9.17, 15) is 0 Å². The van der Waals surface area contributed by atoms with E-state index < -0.39 is 13.0 Å². The summed E-state index contributed by atoms with van der Waals surface area (Å²) in [6.07, 6.45) is 5.24. The molecule has 0 bridgehead atoms. The molecular formula is C8H22N8P2S2. The molecule has 1 saturated heterocycles. The predicted molar refractivity (Wildman–Crippen MR) is 94.1 cm³/mol. The first-order valence-corrected chi connectivity index (χ1v) is 11.7. The fourth-order valence-corrected chi connectivity index (χ4v) is 3.73. The number of nitrogens with one attached hydrogen (secondary N) is 1. The van der Waals surface area contributed by atoms with Crippen molar-refractivity contribution in [2.75, 3.05) is 32.8 Å². The minimum absolute atomic E-state index is 0.487. The van der Waals surface area contributed by atoms with E-state index in [1.807, 2.05) is 4.67 Å². The zero-order valence-electron chi connectivity index (χ0n) is 11.1. The molecular weight excluding hydrogens is 334 g/mol. The van der Waals surface area contributed by atoms with Crippen LogP contribution in [0.1, 0.15) is 0 Å². The molecule has 0 spiro atoms. The van der Waals surface area contributed by atoms with Crippen LogP contribution < -0.4 is 27.3 Å². The van der Waals surface area contributed by atoms with Crippen molar-refractivity contribution in [3.05, 3.63) is 12.3 Å². The molecule has 2 heterocycles. The SMILES string of the molecule is NP(N)(=S)N1C=CC=NC1.NP(N)(=S)N1CCNCC1. The molecule has 0 aromatic heterocycles. The van der Waals surface area contributed by atoms with Crippen LogP contribution in [0.25, 0.3) is 0 Å². The van der Waals surface area contributed by atoms with Gasteiger partial charge in [0.05, 0.1) is 0 Å². The Bertz CT molecular complexity index is 449. The van der Waals surface area contributed by atoms with E-state index in [0.29, 0.717) is 6.67 Å². The second-order valence-corrected chi connectivity index (χ2v) is 11.6. The lowest BCUT2D eigenvalue weighted by Gasteiger charge is -2.32. The van der Waals surface area contributed by atoms with Crippen LogP contribution in [-0.4, -0.2) is 48.4 Å². The van der Waals surface area contributed by atoms with Gasteiger partial charge in [0.1, 0.15) is 13.2 Å². The molecule has 0 atom stereocenters. The van der Waals surface area contributed by atoms with Crippen LogP contribution in [-0.2, 0) is 23.6 Å². The maximum Gasteiger partial charge on any atom is 0.160 e. The van der Waals surface area contributed by atoms with Crippen LogP contribution >= 0.6 is 13.0 Å². The van der Waals surface area contributed by atoms with Gasteiger partial charge in [0.15, 0.2) is 6.49 Å². The summed E-state index contributed by atoms with van der Waals surface area (Å²) in [7, 11) is 0. The van der Waals surface area contributed by atoms with Gasteiger partial charge in [-0.2, -0.15) is 0 Å². The average Bonchev–Trinajstić information content (AvgIpc) is 2.40. The van der Waals surface area contributed by atoms with Crippen molar-refractivity contribution in [2.24, 2.45) is 27.0 Å². The monoisotopic (exact) mass is 356 g/mol. The average molecular weight is 356 g/mol. The molecule has 0 aliphatic carbocycles. The van der Waals surface area contributed by atoms with Crippen molar-refractivity contribution in [1.82, 2.24) is 14.7 Å². The van der Waals surface area contributed by atoms with Gasteiger partial charge < -0.3 is 9.99 Å². The summed E-state index contributed by atoms with van der Waals surface area (Å²) in [5.74, 6) is 0. The van der Waals surface area contributed by atoms with Crippen LogP contribution in [0.2, 0.25) is 0 Å². The molecule has 0 aromatic rings. The molecule has 12 heteroatoms. The second kappa shape index (κ2) is 8.05. The Hall–Kier alpha value is 0.270. The van der Waals surface area contributed by atoms with Crippen LogP contribution in [0.15, 0.2) is 17.3 Å². The second-order valence-electron chi connectivity index (χ2n) is 4.30. The van der Waals surface area contributed by atoms with E-state index in [1.165, 1.54) is 0 Å². The number of rotatable bonds is 2. The maximum absolute atomic E-state index is 5.61. The van der Waals surface area contributed by atoms with Crippen LogP contribution in [0.4, 0.5) is 0 Å². The summed E-state index contributed by atoms with van der Waals surface area (Å²) in [4.78, 5) is 3.94. The molecule has 0 radical (unpaired) electrons. The summed E-state index contributed by atoms with van der Waals surface area (Å²) in [5.41, 5.74) is 22.3. The molecule has 20 heavy (non-hydrogen) atoms. The summed E-state index contributed by atoms with van der Waals surface area (Å²) < 4.78 is 3.68. The van der Waals surface area contributed by atoms with E-state index in [4.69, 9.17) is 45.6 Å². The first kappa shape index (κ1) is 18.3. The zero-order valence-corrected chi connectivity index (χ0v) is 14.6. The Labute approximate surface area is 129 Å². The van der Waals surface area contributed by atoms with Crippen molar-refractivity contribution in [1.29, 1.82) is 0 Å².